The molecule has 0 atom stereocenters. The monoisotopic (exact) mass is 302 g/mol. The molecule has 6 heteroatoms. The summed E-state index contributed by atoms with van der Waals surface area (Å²) in [5, 5.41) is 0.511. The minimum absolute atomic E-state index is 0.152. The third kappa shape index (κ3) is 2.03. The molecule has 0 radical (unpaired) electrons. The minimum atomic E-state index is -0.152. The number of nitrogens with zero attached hydrogens (tertiary/aromatic N) is 3. The normalized spacial score (nSPS) is 16.8. The highest BCUT2D eigenvalue weighted by molar-refractivity contribution is 6.31. The number of halogens is 1. The number of hydrogen-bond donors (Lipinski definition) is 1. The molecule has 0 aliphatic heterocycles. The van der Waals surface area contributed by atoms with Crippen LogP contribution < -0.4 is 5.56 Å². The summed E-state index contributed by atoms with van der Waals surface area (Å²) in [6.45, 7) is 0. The van der Waals surface area contributed by atoms with Crippen molar-refractivity contribution in [1.29, 1.82) is 0 Å². The lowest BCUT2D eigenvalue weighted by molar-refractivity contribution is 0.428. The van der Waals surface area contributed by atoms with Crippen molar-refractivity contribution in [1.82, 2.24) is 19.4 Å². The van der Waals surface area contributed by atoms with Gasteiger partial charge in [-0.25, -0.2) is 9.97 Å². The zero-order valence-electron chi connectivity index (χ0n) is 11.5. The van der Waals surface area contributed by atoms with Crippen molar-refractivity contribution in [2.24, 2.45) is 0 Å². The molecule has 0 bridgehead atoms. The maximum absolute atomic E-state index is 12.2. The topological polar surface area (TPSA) is 63.0 Å². The first kappa shape index (κ1) is 12.8. The molecule has 1 N–H and O–H groups in total. The van der Waals surface area contributed by atoms with E-state index in [1.165, 1.54) is 19.3 Å². The van der Waals surface area contributed by atoms with E-state index in [0.717, 1.165) is 18.7 Å². The first-order valence-electron chi connectivity index (χ1n) is 7.29. The van der Waals surface area contributed by atoms with Crippen molar-refractivity contribution < 1.29 is 0 Å². The Bertz CT molecular complexity index is 876. The number of aromatic nitrogens is 4. The van der Waals surface area contributed by atoms with E-state index in [0.29, 0.717) is 27.6 Å². The highest BCUT2D eigenvalue weighted by atomic mass is 35.5. The van der Waals surface area contributed by atoms with Gasteiger partial charge >= 0.3 is 0 Å². The van der Waals surface area contributed by atoms with E-state index in [4.69, 9.17) is 11.6 Å². The number of nitrogens with one attached hydrogen (secondary N) is 1. The van der Waals surface area contributed by atoms with Crippen LogP contribution in [0.1, 0.15) is 43.8 Å². The fourth-order valence-electron chi connectivity index (χ4n) is 3.29. The van der Waals surface area contributed by atoms with Gasteiger partial charge < -0.3 is 4.98 Å². The molecular formula is C15H15ClN4O. The summed E-state index contributed by atoms with van der Waals surface area (Å²) < 4.78 is 1.90. The van der Waals surface area contributed by atoms with Gasteiger partial charge in [-0.1, -0.05) is 30.9 Å². The predicted molar refractivity (Wildman–Crippen MR) is 81.9 cm³/mol. The first-order valence-corrected chi connectivity index (χ1v) is 7.67. The van der Waals surface area contributed by atoms with E-state index < -0.39 is 0 Å². The summed E-state index contributed by atoms with van der Waals surface area (Å²) in [5.41, 5.74) is 1.76. The fourth-order valence-corrected chi connectivity index (χ4v) is 3.44. The highest BCUT2D eigenvalue weighted by Gasteiger charge is 2.22. The van der Waals surface area contributed by atoms with Gasteiger partial charge in [-0.2, -0.15) is 0 Å². The molecular weight excluding hydrogens is 288 g/mol. The van der Waals surface area contributed by atoms with Gasteiger partial charge in [-0.15, -0.1) is 0 Å². The summed E-state index contributed by atoms with van der Waals surface area (Å²) in [4.78, 5) is 24.0. The van der Waals surface area contributed by atoms with Gasteiger partial charge in [0.15, 0.2) is 5.65 Å². The summed E-state index contributed by atoms with van der Waals surface area (Å²) in [5.74, 6) is 1.36. The SMILES string of the molecule is O=c1[nH]c2cc(Cl)cnc2n2c(C3CCCCC3)ncc12. The van der Waals surface area contributed by atoms with E-state index >= 15 is 0 Å². The van der Waals surface area contributed by atoms with Crippen LogP contribution >= 0.6 is 11.6 Å². The third-order valence-electron chi connectivity index (χ3n) is 4.29. The van der Waals surface area contributed by atoms with Gasteiger partial charge in [0.1, 0.15) is 11.3 Å². The van der Waals surface area contributed by atoms with Crippen LogP contribution in [-0.4, -0.2) is 19.4 Å². The van der Waals surface area contributed by atoms with Crippen LogP contribution in [0.15, 0.2) is 23.3 Å². The molecule has 1 fully saturated rings. The number of hydrogen-bond acceptors (Lipinski definition) is 3. The first-order chi connectivity index (χ1) is 10.2. The van der Waals surface area contributed by atoms with Gasteiger partial charge in [-0.3, -0.25) is 9.20 Å². The Morgan fingerprint density at radius 3 is 2.81 bits per heavy atom. The highest BCUT2D eigenvalue weighted by Crippen LogP contribution is 2.32. The fraction of sp³-hybridized carbons (Fsp3) is 0.400. The Labute approximate surface area is 126 Å². The van der Waals surface area contributed by atoms with E-state index in [9.17, 15) is 4.79 Å². The largest absolute Gasteiger partial charge is 0.317 e. The number of rotatable bonds is 1. The Morgan fingerprint density at radius 2 is 2.00 bits per heavy atom. The average molecular weight is 303 g/mol. The molecule has 3 aromatic heterocycles. The van der Waals surface area contributed by atoms with E-state index in [1.54, 1.807) is 18.5 Å². The maximum Gasteiger partial charge on any atom is 0.274 e. The number of pyridine rings is 1. The second-order valence-electron chi connectivity index (χ2n) is 5.65. The number of fused-ring (bicyclic) bond motifs is 3. The van der Waals surface area contributed by atoms with E-state index in [1.807, 2.05) is 4.40 Å². The molecule has 108 valence electrons. The molecule has 3 aromatic rings. The van der Waals surface area contributed by atoms with Crippen molar-refractivity contribution in [3.8, 4) is 0 Å². The molecule has 0 spiro atoms. The second-order valence-corrected chi connectivity index (χ2v) is 6.09. The molecule has 5 nitrogen and oxygen atoms in total. The van der Waals surface area contributed by atoms with Crippen LogP contribution in [0.3, 0.4) is 0 Å². The van der Waals surface area contributed by atoms with E-state index in [-0.39, 0.29) is 5.56 Å². The molecule has 1 aliphatic carbocycles. The standard InChI is InChI=1S/C15H15ClN4O/c16-10-6-11-14(17-7-10)20-12(15(21)19-11)8-18-13(20)9-4-2-1-3-5-9/h6-9H,1-5H2,(H,19,21). The summed E-state index contributed by atoms with van der Waals surface area (Å²) >= 11 is 5.98. The van der Waals surface area contributed by atoms with Crippen molar-refractivity contribution in [3.63, 3.8) is 0 Å². The number of H-pyrrole nitrogens is 1. The van der Waals surface area contributed by atoms with Crippen molar-refractivity contribution >= 4 is 28.3 Å². The van der Waals surface area contributed by atoms with Crippen molar-refractivity contribution in [3.05, 3.63) is 39.7 Å². The third-order valence-corrected chi connectivity index (χ3v) is 4.49. The van der Waals surface area contributed by atoms with Crippen LogP contribution in [0, 0.1) is 0 Å². The minimum Gasteiger partial charge on any atom is -0.317 e. The zero-order valence-corrected chi connectivity index (χ0v) is 12.2. The Morgan fingerprint density at radius 1 is 1.19 bits per heavy atom. The average Bonchev–Trinajstić information content (AvgIpc) is 2.93. The molecule has 21 heavy (non-hydrogen) atoms. The van der Waals surface area contributed by atoms with Gasteiger partial charge in [-0.05, 0) is 18.9 Å². The van der Waals surface area contributed by atoms with Gasteiger partial charge in [0.2, 0.25) is 0 Å². The van der Waals surface area contributed by atoms with Crippen molar-refractivity contribution in [2.75, 3.05) is 0 Å². The zero-order chi connectivity index (χ0) is 14.4. The maximum atomic E-state index is 12.2. The molecule has 1 saturated carbocycles. The second kappa shape index (κ2) is 4.84. The van der Waals surface area contributed by atoms with Crippen LogP contribution in [0.25, 0.3) is 16.7 Å². The molecule has 4 rings (SSSR count). The van der Waals surface area contributed by atoms with Gasteiger partial charge in [0, 0.05) is 12.1 Å². The van der Waals surface area contributed by atoms with Crippen LogP contribution in [-0.2, 0) is 0 Å². The molecule has 0 aromatic carbocycles. The lowest BCUT2D eigenvalue weighted by Gasteiger charge is -2.20. The quantitative estimate of drug-likeness (QED) is 0.750. The Hall–Kier alpha value is -1.88. The summed E-state index contributed by atoms with van der Waals surface area (Å²) in [6, 6.07) is 1.73. The molecule has 0 amide bonds. The molecule has 0 unspecified atom stereocenters. The van der Waals surface area contributed by atoms with Gasteiger partial charge in [0.05, 0.1) is 16.7 Å². The Kier molecular flexibility index (Phi) is 2.96. The van der Waals surface area contributed by atoms with Crippen molar-refractivity contribution in [2.45, 2.75) is 38.0 Å². The molecule has 3 heterocycles. The van der Waals surface area contributed by atoms with E-state index in [2.05, 4.69) is 15.0 Å². The predicted octanol–water partition coefficient (Wildman–Crippen LogP) is 3.27. The molecule has 0 saturated heterocycles. The number of aromatic amines is 1. The molecule has 1 aliphatic rings. The van der Waals surface area contributed by atoms with Crippen LogP contribution in [0.5, 0.6) is 0 Å². The lowest BCUT2D eigenvalue weighted by atomic mass is 9.89. The smallest absolute Gasteiger partial charge is 0.274 e. The Balaban J connectivity index is 2.04. The summed E-state index contributed by atoms with van der Waals surface area (Å²) in [6.07, 6.45) is 9.24. The van der Waals surface area contributed by atoms with Crippen LogP contribution in [0.4, 0.5) is 0 Å². The number of imidazole rings is 1. The van der Waals surface area contributed by atoms with Crippen LogP contribution in [0.2, 0.25) is 5.02 Å². The summed E-state index contributed by atoms with van der Waals surface area (Å²) in [7, 11) is 0. The lowest BCUT2D eigenvalue weighted by Crippen LogP contribution is -2.14. The van der Waals surface area contributed by atoms with Gasteiger partial charge in [0.25, 0.3) is 5.56 Å².